The van der Waals surface area contributed by atoms with E-state index in [1.54, 1.807) is 12.3 Å². The number of benzene rings is 1. The monoisotopic (exact) mass is 311 g/mol. The van der Waals surface area contributed by atoms with Crippen LogP contribution in [0.25, 0.3) is 10.7 Å². The van der Waals surface area contributed by atoms with Crippen molar-refractivity contribution in [1.29, 1.82) is 0 Å². The second-order valence-corrected chi connectivity index (χ2v) is 5.79. The van der Waals surface area contributed by atoms with E-state index in [-0.39, 0.29) is 5.02 Å². The molecule has 1 aromatic carbocycles. The quantitative estimate of drug-likeness (QED) is 0.754. The summed E-state index contributed by atoms with van der Waals surface area (Å²) in [6.45, 7) is 0. The average molecular weight is 312 g/mol. The summed E-state index contributed by atoms with van der Waals surface area (Å²) in [4.78, 5) is 8.62. The van der Waals surface area contributed by atoms with Crippen LogP contribution in [0.1, 0.15) is 0 Å². The number of hydrogen-bond donors (Lipinski definition) is 1. The molecule has 0 bridgehead atoms. The van der Waals surface area contributed by atoms with Crippen LogP contribution in [0, 0.1) is 5.82 Å². The highest BCUT2D eigenvalue weighted by molar-refractivity contribution is 7.15. The Morgan fingerprint density at radius 1 is 1.26 bits per heavy atom. The van der Waals surface area contributed by atoms with Crippen molar-refractivity contribution >= 4 is 45.1 Å². The Labute approximate surface area is 121 Å². The molecule has 0 saturated heterocycles. The van der Waals surface area contributed by atoms with Crippen LogP contribution in [0.5, 0.6) is 0 Å². The smallest absolute Gasteiger partial charge is 0.187 e. The Morgan fingerprint density at radius 3 is 2.89 bits per heavy atom. The van der Waals surface area contributed by atoms with E-state index in [1.165, 1.54) is 34.8 Å². The third-order valence-electron chi connectivity index (χ3n) is 2.33. The maximum Gasteiger partial charge on any atom is 0.187 e. The highest BCUT2D eigenvalue weighted by Gasteiger charge is 2.07. The summed E-state index contributed by atoms with van der Waals surface area (Å²) in [5.74, 6) is -0.435. The summed E-state index contributed by atoms with van der Waals surface area (Å²) in [6.07, 6.45) is 1.74. The molecule has 96 valence electrons. The summed E-state index contributed by atoms with van der Waals surface area (Å²) in [7, 11) is 0. The van der Waals surface area contributed by atoms with Gasteiger partial charge in [-0.3, -0.25) is 0 Å². The molecule has 0 aliphatic rings. The number of aromatic nitrogens is 2. The minimum Gasteiger partial charge on any atom is -0.331 e. The molecule has 0 atom stereocenters. The molecule has 0 aliphatic heterocycles. The van der Waals surface area contributed by atoms with Gasteiger partial charge in [0, 0.05) is 22.6 Å². The molecular weight excluding hydrogens is 305 g/mol. The maximum atomic E-state index is 13.0. The maximum absolute atomic E-state index is 13.0. The van der Waals surface area contributed by atoms with Crippen LogP contribution in [0.3, 0.4) is 0 Å². The van der Waals surface area contributed by atoms with Crippen molar-refractivity contribution in [3.05, 3.63) is 46.0 Å². The van der Waals surface area contributed by atoms with Crippen LogP contribution in [-0.4, -0.2) is 9.97 Å². The fourth-order valence-electron chi connectivity index (χ4n) is 1.48. The molecule has 0 unspecified atom stereocenters. The van der Waals surface area contributed by atoms with E-state index < -0.39 is 5.82 Å². The highest BCUT2D eigenvalue weighted by Crippen LogP contribution is 2.29. The van der Waals surface area contributed by atoms with Gasteiger partial charge in [0.15, 0.2) is 5.13 Å². The molecule has 3 rings (SSSR count). The lowest BCUT2D eigenvalue weighted by Gasteiger charge is -2.03. The minimum absolute atomic E-state index is 0.0849. The van der Waals surface area contributed by atoms with E-state index in [4.69, 9.17) is 11.6 Å². The van der Waals surface area contributed by atoms with Gasteiger partial charge in [-0.05, 0) is 18.2 Å². The Bertz CT molecular complexity index is 697. The van der Waals surface area contributed by atoms with Crippen molar-refractivity contribution in [2.45, 2.75) is 0 Å². The van der Waals surface area contributed by atoms with E-state index in [2.05, 4.69) is 15.3 Å². The van der Waals surface area contributed by atoms with Gasteiger partial charge >= 0.3 is 0 Å². The van der Waals surface area contributed by atoms with Crippen LogP contribution in [0.4, 0.5) is 15.2 Å². The van der Waals surface area contributed by atoms with Crippen LogP contribution in [0.15, 0.2) is 35.2 Å². The molecule has 2 heterocycles. The summed E-state index contributed by atoms with van der Waals surface area (Å²) < 4.78 is 13.0. The fraction of sp³-hybridized carbons (Fsp3) is 0. The normalized spacial score (nSPS) is 10.6. The minimum atomic E-state index is -0.435. The van der Waals surface area contributed by atoms with Crippen LogP contribution in [0.2, 0.25) is 5.02 Å². The van der Waals surface area contributed by atoms with Crippen molar-refractivity contribution in [1.82, 2.24) is 9.97 Å². The second kappa shape index (κ2) is 5.24. The van der Waals surface area contributed by atoms with Crippen molar-refractivity contribution in [2.75, 3.05) is 5.32 Å². The largest absolute Gasteiger partial charge is 0.331 e. The van der Waals surface area contributed by atoms with Gasteiger partial charge in [0.1, 0.15) is 16.5 Å². The van der Waals surface area contributed by atoms with Crippen molar-refractivity contribution in [3.8, 4) is 10.7 Å². The summed E-state index contributed by atoms with van der Waals surface area (Å²) in [5, 5.41) is 8.59. The number of halogens is 2. The zero-order valence-corrected chi connectivity index (χ0v) is 11.8. The molecule has 3 nitrogen and oxygen atoms in total. The van der Waals surface area contributed by atoms with Crippen LogP contribution < -0.4 is 5.32 Å². The Hall–Kier alpha value is -1.50. The molecule has 0 amide bonds. The van der Waals surface area contributed by atoms with Crippen molar-refractivity contribution < 1.29 is 4.39 Å². The molecule has 0 spiro atoms. The number of nitrogens with one attached hydrogen (secondary N) is 1. The molecule has 0 saturated carbocycles. The number of thiazole rings is 2. The van der Waals surface area contributed by atoms with Gasteiger partial charge in [0.2, 0.25) is 0 Å². The van der Waals surface area contributed by atoms with Gasteiger partial charge in [0.05, 0.1) is 5.02 Å². The van der Waals surface area contributed by atoms with Gasteiger partial charge in [0.25, 0.3) is 0 Å². The Morgan fingerprint density at radius 2 is 2.16 bits per heavy atom. The lowest BCUT2D eigenvalue weighted by Crippen LogP contribution is -1.90. The standard InChI is InChI=1S/C12H7ClFN3S2/c13-8-5-7(1-2-9(8)14)16-12-17-10(6-19-12)11-15-3-4-18-11/h1-6H,(H,16,17). The molecule has 0 fully saturated rings. The molecular formula is C12H7ClFN3S2. The molecule has 19 heavy (non-hydrogen) atoms. The number of rotatable bonds is 3. The third-order valence-corrected chi connectivity index (χ3v) is 4.17. The van der Waals surface area contributed by atoms with E-state index in [0.717, 1.165) is 10.7 Å². The van der Waals surface area contributed by atoms with E-state index in [0.29, 0.717) is 10.8 Å². The Balaban J connectivity index is 1.82. The topological polar surface area (TPSA) is 37.8 Å². The summed E-state index contributed by atoms with van der Waals surface area (Å²) in [6, 6.07) is 4.47. The molecule has 2 aromatic heterocycles. The van der Waals surface area contributed by atoms with Crippen molar-refractivity contribution in [2.24, 2.45) is 0 Å². The number of hydrogen-bond acceptors (Lipinski definition) is 5. The van der Waals surface area contributed by atoms with Gasteiger partial charge in [-0.15, -0.1) is 22.7 Å². The van der Waals surface area contributed by atoms with Crippen LogP contribution in [-0.2, 0) is 0 Å². The second-order valence-electron chi connectivity index (χ2n) is 3.63. The summed E-state index contributed by atoms with van der Waals surface area (Å²) >= 11 is 8.72. The SMILES string of the molecule is Fc1ccc(Nc2nc(-c3nccs3)cs2)cc1Cl. The molecule has 0 aliphatic carbocycles. The first-order chi connectivity index (χ1) is 9.22. The first-order valence-corrected chi connectivity index (χ1v) is 7.43. The first-order valence-electron chi connectivity index (χ1n) is 5.30. The lowest BCUT2D eigenvalue weighted by molar-refractivity contribution is 0.628. The predicted octanol–water partition coefficient (Wildman–Crippen LogP) is 4.80. The van der Waals surface area contributed by atoms with Gasteiger partial charge in [-0.25, -0.2) is 14.4 Å². The Kier molecular flexibility index (Phi) is 3.46. The molecule has 1 N–H and O–H groups in total. The third kappa shape index (κ3) is 2.75. The van der Waals surface area contributed by atoms with Crippen LogP contribution >= 0.6 is 34.3 Å². The first kappa shape index (κ1) is 12.5. The zero-order valence-electron chi connectivity index (χ0n) is 9.43. The van der Waals surface area contributed by atoms with E-state index in [1.807, 2.05) is 10.8 Å². The highest BCUT2D eigenvalue weighted by atomic mass is 35.5. The summed E-state index contributed by atoms with van der Waals surface area (Å²) in [5.41, 5.74) is 1.53. The zero-order chi connectivity index (χ0) is 13.2. The van der Waals surface area contributed by atoms with Gasteiger partial charge in [-0.1, -0.05) is 11.6 Å². The molecule has 3 aromatic rings. The van der Waals surface area contributed by atoms with Gasteiger partial charge < -0.3 is 5.32 Å². The van der Waals surface area contributed by atoms with Crippen molar-refractivity contribution in [3.63, 3.8) is 0 Å². The molecule has 0 radical (unpaired) electrons. The number of nitrogens with zero attached hydrogens (tertiary/aromatic N) is 2. The average Bonchev–Trinajstić information content (AvgIpc) is 3.04. The number of anilines is 2. The predicted molar refractivity (Wildman–Crippen MR) is 77.9 cm³/mol. The van der Waals surface area contributed by atoms with E-state index >= 15 is 0 Å². The molecule has 7 heteroatoms. The lowest BCUT2D eigenvalue weighted by atomic mass is 10.3. The van der Waals surface area contributed by atoms with Gasteiger partial charge in [-0.2, -0.15) is 0 Å². The fourth-order valence-corrected chi connectivity index (χ4v) is 3.04. The van der Waals surface area contributed by atoms with E-state index in [9.17, 15) is 4.39 Å².